The third-order valence-corrected chi connectivity index (χ3v) is 9.15. The molecule has 230 valence electrons. The highest BCUT2D eigenvalue weighted by Gasteiger charge is 2.36. The van der Waals surface area contributed by atoms with E-state index in [9.17, 15) is 13.2 Å². The van der Waals surface area contributed by atoms with Crippen molar-refractivity contribution in [1.29, 1.82) is 0 Å². The van der Waals surface area contributed by atoms with Crippen molar-refractivity contribution in [2.45, 2.75) is 23.8 Å². The maximum atomic E-state index is 13.3. The summed E-state index contributed by atoms with van der Waals surface area (Å²) < 4.78 is 33.7. The van der Waals surface area contributed by atoms with Gasteiger partial charge in [-0.2, -0.15) is 9.29 Å². The number of sulfonamides is 1. The Morgan fingerprint density at radius 1 is 1.09 bits per heavy atom. The van der Waals surface area contributed by atoms with E-state index in [1.807, 2.05) is 32.1 Å². The molecule has 12 nitrogen and oxygen atoms in total. The molecule has 3 aromatic rings. The summed E-state index contributed by atoms with van der Waals surface area (Å²) in [6.07, 6.45) is 4.28. The normalized spacial score (nSPS) is 13.1. The first-order valence-electron chi connectivity index (χ1n) is 13.6. The van der Waals surface area contributed by atoms with Crippen molar-refractivity contribution < 1.29 is 17.9 Å². The third kappa shape index (κ3) is 7.73. The molecule has 0 saturated heterocycles. The highest BCUT2D eigenvalue weighted by Crippen LogP contribution is 2.39. The van der Waals surface area contributed by atoms with E-state index in [1.54, 1.807) is 37.4 Å². The zero-order valence-corrected chi connectivity index (χ0v) is 26.5. The second-order valence-electron chi connectivity index (χ2n) is 10.4. The number of likely N-dealkylation sites (N-methyl/N-ethyl adjacent to an activating group) is 2. The molecule has 1 aromatic heterocycles. The minimum atomic E-state index is -3.74. The van der Waals surface area contributed by atoms with Gasteiger partial charge in [-0.25, -0.2) is 13.4 Å². The van der Waals surface area contributed by atoms with Crippen molar-refractivity contribution in [1.82, 2.24) is 19.2 Å². The molecule has 1 fully saturated rings. The number of nitrogens with one attached hydrogen (secondary N) is 3. The van der Waals surface area contributed by atoms with Gasteiger partial charge in [-0.3, -0.25) is 4.79 Å². The molecule has 0 unspecified atom stereocenters. The fourth-order valence-electron chi connectivity index (χ4n) is 4.25. The molecule has 0 bridgehead atoms. The Morgan fingerprint density at radius 3 is 2.47 bits per heavy atom. The number of aromatic nitrogens is 2. The van der Waals surface area contributed by atoms with Crippen molar-refractivity contribution in [2.75, 3.05) is 69.2 Å². The fourth-order valence-corrected chi connectivity index (χ4v) is 5.95. The van der Waals surface area contributed by atoms with E-state index < -0.39 is 10.0 Å². The van der Waals surface area contributed by atoms with Gasteiger partial charge in [0.1, 0.15) is 15.7 Å². The monoisotopic (exact) mass is 628 g/mol. The second-order valence-corrected chi connectivity index (χ2v) is 12.7. The van der Waals surface area contributed by atoms with Crippen LogP contribution in [-0.4, -0.2) is 87.9 Å². The lowest BCUT2D eigenvalue weighted by Gasteiger charge is -2.26. The minimum absolute atomic E-state index is 0.00629. The number of benzene rings is 2. The van der Waals surface area contributed by atoms with Gasteiger partial charge in [0.05, 0.1) is 36.1 Å². The molecule has 1 saturated carbocycles. The van der Waals surface area contributed by atoms with E-state index in [0.29, 0.717) is 29.4 Å². The van der Waals surface area contributed by atoms with E-state index in [2.05, 4.69) is 37.4 Å². The fraction of sp³-hybridized carbons (Fsp3) is 0.345. The quantitative estimate of drug-likeness (QED) is 0.219. The van der Waals surface area contributed by atoms with E-state index >= 15 is 0 Å². The van der Waals surface area contributed by atoms with Gasteiger partial charge < -0.3 is 30.5 Å². The van der Waals surface area contributed by atoms with Gasteiger partial charge in [-0.05, 0) is 51.2 Å². The van der Waals surface area contributed by atoms with E-state index in [4.69, 9.17) is 16.3 Å². The maximum absolute atomic E-state index is 13.3. The Morgan fingerprint density at radius 2 is 1.81 bits per heavy atom. The number of rotatable bonds is 14. The highest BCUT2D eigenvalue weighted by molar-refractivity contribution is 7.89. The molecule has 14 heteroatoms. The number of halogens is 1. The van der Waals surface area contributed by atoms with E-state index in [0.717, 1.165) is 25.1 Å². The van der Waals surface area contributed by atoms with Crippen molar-refractivity contribution in [3.63, 3.8) is 0 Å². The molecule has 3 N–H and O–H groups in total. The lowest BCUT2D eigenvalue weighted by Crippen LogP contribution is -2.29. The number of carbonyl (C=O) groups is 1. The molecule has 2 aromatic carbocycles. The topological polar surface area (TPSA) is 132 Å². The number of para-hydroxylation sites is 1. The number of nitrogens with zero attached hydrogens (tertiary/aromatic N) is 5. The zero-order chi connectivity index (χ0) is 31.3. The van der Waals surface area contributed by atoms with Crippen LogP contribution in [0.4, 0.5) is 34.5 Å². The predicted molar refractivity (Wildman–Crippen MR) is 172 cm³/mol. The highest BCUT2D eigenvalue weighted by atomic mass is 35.5. The summed E-state index contributed by atoms with van der Waals surface area (Å²) in [5.74, 6) is 0.481. The largest absolute Gasteiger partial charge is 0.494 e. The number of anilines is 6. The van der Waals surface area contributed by atoms with Crippen LogP contribution in [0.3, 0.4) is 0 Å². The predicted octanol–water partition coefficient (Wildman–Crippen LogP) is 4.53. The number of ether oxygens (including phenoxy) is 1. The molecule has 1 amide bonds. The molecule has 1 aliphatic carbocycles. The van der Waals surface area contributed by atoms with Gasteiger partial charge in [0.25, 0.3) is 0 Å². The summed E-state index contributed by atoms with van der Waals surface area (Å²) in [7, 11) is 5.29. The first kappa shape index (κ1) is 32.0. The van der Waals surface area contributed by atoms with Gasteiger partial charge >= 0.3 is 0 Å². The van der Waals surface area contributed by atoms with Gasteiger partial charge in [0.2, 0.25) is 21.9 Å². The lowest BCUT2D eigenvalue weighted by atomic mass is 10.2. The van der Waals surface area contributed by atoms with Gasteiger partial charge in [-0.15, -0.1) is 0 Å². The van der Waals surface area contributed by atoms with Crippen molar-refractivity contribution in [3.05, 3.63) is 60.3 Å². The van der Waals surface area contributed by atoms with Crippen LogP contribution in [0.15, 0.2) is 60.1 Å². The average Bonchev–Trinajstić information content (AvgIpc) is 3.83. The van der Waals surface area contributed by atoms with Gasteiger partial charge in [0.15, 0.2) is 5.82 Å². The standard InChI is InChI=1S/C29H37ClN8O4S/c1-7-27(39)32-22-16-23(25(42-6)17-24(22)37(4)15-14-36(2)3)34-29-31-18-20(30)28(35-29)33-21-10-8-9-11-26(21)43(40,41)38(5)19-12-13-19/h7-11,16-19H,1,12-15H2,2-6H3,(H,32,39)(H2,31,33,34,35). The molecular formula is C29H37ClN8O4S. The lowest BCUT2D eigenvalue weighted by molar-refractivity contribution is -0.111. The molecular weight excluding hydrogens is 592 g/mol. The molecule has 0 aliphatic heterocycles. The number of methoxy groups -OCH3 is 1. The number of amides is 1. The number of hydrogen-bond acceptors (Lipinski definition) is 10. The van der Waals surface area contributed by atoms with Crippen LogP contribution < -0.4 is 25.6 Å². The molecule has 1 aliphatic rings. The van der Waals surface area contributed by atoms with E-state index in [-0.39, 0.29) is 33.6 Å². The Hall–Kier alpha value is -3.91. The first-order chi connectivity index (χ1) is 20.4. The van der Waals surface area contributed by atoms with Crippen LogP contribution in [0, 0.1) is 0 Å². The number of carbonyl (C=O) groups excluding carboxylic acids is 1. The van der Waals surface area contributed by atoms with Crippen molar-refractivity contribution >= 4 is 62.0 Å². The minimum Gasteiger partial charge on any atom is -0.494 e. The van der Waals surface area contributed by atoms with Crippen LogP contribution in [0.1, 0.15) is 12.8 Å². The molecule has 4 rings (SSSR count). The van der Waals surface area contributed by atoms with Gasteiger partial charge in [0, 0.05) is 39.3 Å². The second kappa shape index (κ2) is 13.6. The van der Waals surface area contributed by atoms with Crippen LogP contribution in [-0.2, 0) is 14.8 Å². The molecule has 43 heavy (non-hydrogen) atoms. The first-order valence-corrected chi connectivity index (χ1v) is 15.4. The summed E-state index contributed by atoms with van der Waals surface area (Å²) >= 11 is 6.44. The number of hydrogen-bond donors (Lipinski definition) is 3. The molecule has 0 radical (unpaired) electrons. The summed E-state index contributed by atoms with van der Waals surface area (Å²) in [6.45, 7) is 5.05. The summed E-state index contributed by atoms with van der Waals surface area (Å²) in [5, 5.41) is 9.25. The van der Waals surface area contributed by atoms with Crippen molar-refractivity contribution in [2.24, 2.45) is 0 Å². The summed E-state index contributed by atoms with van der Waals surface area (Å²) in [5.41, 5.74) is 2.08. The molecule has 1 heterocycles. The van der Waals surface area contributed by atoms with Crippen LogP contribution in [0.2, 0.25) is 5.02 Å². The third-order valence-electron chi connectivity index (χ3n) is 6.90. The van der Waals surface area contributed by atoms with E-state index in [1.165, 1.54) is 23.7 Å². The Bertz CT molecular complexity index is 1600. The summed E-state index contributed by atoms with van der Waals surface area (Å²) in [6, 6.07) is 10.1. The summed E-state index contributed by atoms with van der Waals surface area (Å²) in [4.78, 5) is 25.3. The van der Waals surface area contributed by atoms with Gasteiger partial charge in [-0.1, -0.05) is 30.3 Å². The van der Waals surface area contributed by atoms with Crippen LogP contribution >= 0.6 is 11.6 Å². The Kier molecular flexibility index (Phi) is 10.1. The molecule has 0 spiro atoms. The van der Waals surface area contributed by atoms with Crippen LogP contribution in [0.25, 0.3) is 0 Å². The Labute approximate surface area is 257 Å². The average molecular weight is 629 g/mol. The zero-order valence-electron chi connectivity index (χ0n) is 24.9. The maximum Gasteiger partial charge on any atom is 0.247 e. The smallest absolute Gasteiger partial charge is 0.247 e. The van der Waals surface area contributed by atoms with Crippen LogP contribution in [0.5, 0.6) is 5.75 Å². The molecule has 0 atom stereocenters. The SMILES string of the molecule is C=CC(=O)Nc1cc(Nc2ncc(Cl)c(Nc3ccccc3S(=O)(=O)N(C)C3CC3)n2)c(OC)cc1N(C)CCN(C)C. The Balaban J connectivity index is 1.66. The van der Waals surface area contributed by atoms with Crippen molar-refractivity contribution in [3.8, 4) is 5.75 Å².